The Labute approximate surface area is 122 Å². The average Bonchev–Trinajstić information content (AvgIpc) is 2.62. The van der Waals surface area contributed by atoms with E-state index in [9.17, 15) is 4.79 Å². The highest BCUT2D eigenvalue weighted by Gasteiger charge is 2.17. The van der Waals surface area contributed by atoms with Crippen LogP contribution in [-0.2, 0) is 19.5 Å². The molecule has 2 aromatic rings. The summed E-state index contributed by atoms with van der Waals surface area (Å²) in [6, 6.07) is 10.4. The summed E-state index contributed by atoms with van der Waals surface area (Å²) in [7, 11) is 0. The first-order valence-corrected chi connectivity index (χ1v) is 7.24. The third kappa shape index (κ3) is 2.89. The molecule has 1 aliphatic rings. The Kier molecular flexibility index (Phi) is 3.80. The van der Waals surface area contributed by atoms with E-state index in [2.05, 4.69) is 39.1 Å². The van der Waals surface area contributed by atoms with E-state index in [1.54, 1.807) is 0 Å². The first kappa shape index (κ1) is 13.3. The molecule has 2 N–H and O–H groups in total. The lowest BCUT2D eigenvalue weighted by Gasteiger charge is -2.20. The molecule has 1 aromatic heterocycles. The Morgan fingerprint density at radius 1 is 1.20 bits per heavy atom. The zero-order chi connectivity index (χ0) is 13.9. The molecule has 1 aromatic carbocycles. The molecule has 3 rings (SSSR count). The van der Waals surface area contributed by atoms with Crippen LogP contribution in [0, 0.1) is 4.77 Å². The van der Waals surface area contributed by atoms with Crippen LogP contribution < -0.4 is 5.56 Å². The van der Waals surface area contributed by atoms with Gasteiger partial charge < -0.3 is 4.98 Å². The van der Waals surface area contributed by atoms with Crippen LogP contribution in [-0.4, -0.2) is 21.4 Å². The number of rotatable bonds is 2. The highest BCUT2D eigenvalue weighted by Crippen LogP contribution is 2.15. The number of H-pyrrole nitrogens is 2. The van der Waals surface area contributed by atoms with Crippen molar-refractivity contribution >= 4 is 12.2 Å². The predicted octanol–water partition coefficient (Wildman–Crippen LogP) is 2.38. The van der Waals surface area contributed by atoms with Crippen LogP contribution in [0.5, 0.6) is 0 Å². The number of fused-ring (bicyclic) bond motifs is 1. The van der Waals surface area contributed by atoms with Crippen LogP contribution in [0.2, 0.25) is 0 Å². The van der Waals surface area contributed by atoms with Gasteiger partial charge in [-0.3, -0.25) is 14.7 Å². The quantitative estimate of drug-likeness (QED) is 0.834. The minimum absolute atomic E-state index is 0.0367. The van der Waals surface area contributed by atoms with E-state index < -0.39 is 0 Å². The highest BCUT2D eigenvalue weighted by atomic mass is 32.1. The first-order valence-electron chi connectivity index (χ1n) is 6.83. The number of aromatic nitrogens is 2. The summed E-state index contributed by atoms with van der Waals surface area (Å²) < 4.78 is 0.412. The van der Waals surface area contributed by atoms with Gasteiger partial charge in [-0.2, -0.15) is 0 Å². The van der Waals surface area contributed by atoms with Gasteiger partial charge in [0.1, 0.15) is 0 Å². The van der Waals surface area contributed by atoms with Gasteiger partial charge in [0.05, 0.1) is 0 Å². The van der Waals surface area contributed by atoms with Crippen LogP contribution in [0.25, 0.3) is 0 Å². The molecule has 0 saturated carbocycles. The van der Waals surface area contributed by atoms with Crippen molar-refractivity contribution in [2.45, 2.75) is 25.9 Å². The summed E-state index contributed by atoms with van der Waals surface area (Å²) in [6.07, 6.45) is 1.80. The van der Waals surface area contributed by atoms with Crippen LogP contribution in [0.15, 0.2) is 35.1 Å². The molecule has 1 aliphatic heterocycles. The summed E-state index contributed by atoms with van der Waals surface area (Å²) >= 11 is 5.07. The van der Waals surface area contributed by atoms with Crippen molar-refractivity contribution in [3.05, 3.63) is 62.3 Å². The number of aromatic amines is 2. The number of nitrogens with zero attached hydrogens (tertiary/aromatic N) is 1. The van der Waals surface area contributed by atoms with E-state index in [1.807, 2.05) is 6.07 Å². The maximum atomic E-state index is 11.9. The Hall–Kier alpha value is -1.72. The van der Waals surface area contributed by atoms with Crippen molar-refractivity contribution in [1.29, 1.82) is 0 Å². The molecule has 0 saturated heterocycles. The maximum Gasteiger partial charge on any atom is 0.255 e. The van der Waals surface area contributed by atoms with Crippen molar-refractivity contribution in [3.63, 3.8) is 0 Å². The van der Waals surface area contributed by atoms with E-state index in [1.165, 1.54) is 5.56 Å². The van der Waals surface area contributed by atoms with Gasteiger partial charge in [-0.1, -0.05) is 30.3 Å². The number of nitrogens with one attached hydrogen (secondary N) is 2. The number of benzene rings is 1. The van der Waals surface area contributed by atoms with Crippen LogP contribution >= 0.6 is 12.2 Å². The number of hydrogen-bond donors (Lipinski definition) is 2. The molecule has 0 radical (unpaired) electrons. The van der Waals surface area contributed by atoms with Crippen molar-refractivity contribution in [2.24, 2.45) is 0 Å². The molecular formula is C15H17N3OS. The van der Waals surface area contributed by atoms with Gasteiger partial charge in [-0.05, 0) is 37.2 Å². The standard InChI is InChI=1S/C15H17N3OS/c19-14-12-7-4-8-18(9-11-5-2-1-3-6-11)10-13(12)16-15(20)17-14/h1-3,5-6H,4,7-10H2,(H2,16,17,19,20). The zero-order valence-corrected chi connectivity index (χ0v) is 12.0. The normalized spacial score (nSPS) is 15.6. The van der Waals surface area contributed by atoms with Crippen molar-refractivity contribution in [3.8, 4) is 0 Å². The monoisotopic (exact) mass is 287 g/mol. The van der Waals surface area contributed by atoms with E-state index in [-0.39, 0.29) is 5.56 Å². The van der Waals surface area contributed by atoms with E-state index in [0.717, 1.165) is 43.7 Å². The van der Waals surface area contributed by atoms with Crippen molar-refractivity contribution in [1.82, 2.24) is 14.9 Å². The Balaban J connectivity index is 1.86. The third-order valence-corrected chi connectivity index (χ3v) is 3.87. The SMILES string of the molecule is O=c1[nH]c(=S)[nH]c2c1CCCN(Cc1ccccc1)C2. The Bertz CT molecular complexity index is 705. The molecular weight excluding hydrogens is 270 g/mol. The molecule has 20 heavy (non-hydrogen) atoms. The first-order chi connectivity index (χ1) is 9.72. The summed E-state index contributed by atoms with van der Waals surface area (Å²) in [6.45, 7) is 2.63. The van der Waals surface area contributed by atoms with Gasteiger partial charge in [0, 0.05) is 24.3 Å². The fourth-order valence-electron chi connectivity index (χ4n) is 2.72. The van der Waals surface area contributed by atoms with Gasteiger partial charge in [0.15, 0.2) is 4.77 Å². The van der Waals surface area contributed by atoms with Crippen molar-refractivity contribution in [2.75, 3.05) is 6.54 Å². The third-order valence-electron chi connectivity index (χ3n) is 3.66. The van der Waals surface area contributed by atoms with Gasteiger partial charge in [-0.15, -0.1) is 0 Å². The van der Waals surface area contributed by atoms with Crippen molar-refractivity contribution < 1.29 is 0 Å². The van der Waals surface area contributed by atoms with Gasteiger partial charge in [0.2, 0.25) is 0 Å². The molecule has 0 atom stereocenters. The van der Waals surface area contributed by atoms with Crippen LogP contribution in [0.4, 0.5) is 0 Å². The molecule has 0 spiro atoms. The van der Waals surface area contributed by atoms with Crippen LogP contribution in [0.3, 0.4) is 0 Å². The largest absolute Gasteiger partial charge is 0.334 e. The van der Waals surface area contributed by atoms with E-state index >= 15 is 0 Å². The van der Waals surface area contributed by atoms with Gasteiger partial charge >= 0.3 is 0 Å². The number of hydrogen-bond acceptors (Lipinski definition) is 3. The van der Waals surface area contributed by atoms with E-state index in [4.69, 9.17) is 12.2 Å². The second kappa shape index (κ2) is 5.73. The molecule has 0 amide bonds. The second-order valence-corrected chi connectivity index (χ2v) is 5.57. The lowest BCUT2D eigenvalue weighted by atomic mass is 10.1. The highest BCUT2D eigenvalue weighted by molar-refractivity contribution is 7.71. The molecule has 0 bridgehead atoms. The molecule has 0 fully saturated rings. The zero-order valence-electron chi connectivity index (χ0n) is 11.2. The fourth-order valence-corrected chi connectivity index (χ4v) is 2.93. The lowest BCUT2D eigenvalue weighted by molar-refractivity contribution is 0.258. The minimum Gasteiger partial charge on any atom is -0.334 e. The van der Waals surface area contributed by atoms with Gasteiger partial charge in [-0.25, -0.2) is 0 Å². The molecule has 0 unspecified atom stereocenters. The summed E-state index contributed by atoms with van der Waals surface area (Å²) in [4.78, 5) is 20.1. The molecule has 104 valence electrons. The average molecular weight is 287 g/mol. The smallest absolute Gasteiger partial charge is 0.255 e. The lowest BCUT2D eigenvalue weighted by Crippen LogP contribution is -2.24. The Morgan fingerprint density at radius 2 is 2.00 bits per heavy atom. The summed E-state index contributed by atoms with van der Waals surface area (Å²) in [5.41, 5.74) is 3.08. The van der Waals surface area contributed by atoms with Gasteiger partial charge in [0.25, 0.3) is 5.56 Å². The summed E-state index contributed by atoms with van der Waals surface area (Å²) in [5, 5.41) is 0. The maximum absolute atomic E-state index is 11.9. The molecule has 2 heterocycles. The Morgan fingerprint density at radius 3 is 2.80 bits per heavy atom. The van der Waals surface area contributed by atoms with E-state index in [0.29, 0.717) is 4.77 Å². The van der Waals surface area contributed by atoms with Crippen LogP contribution in [0.1, 0.15) is 23.2 Å². The second-order valence-electron chi connectivity index (χ2n) is 5.17. The topological polar surface area (TPSA) is 51.9 Å². The predicted molar refractivity (Wildman–Crippen MR) is 81.1 cm³/mol. The molecule has 0 aliphatic carbocycles. The minimum atomic E-state index is -0.0367. The molecule has 4 nitrogen and oxygen atoms in total. The molecule has 5 heteroatoms. The summed E-state index contributed by atoms with van der Waals surface area (Å²) in [5.74, 6) is 0. The fraction of sp³-hybridized carbons (Fsp3) is 0.333.